The minimum Gasteiger partial charge on any atom is -0.481 e. The molecule has 0 radical (unpaired) electrons. The lowest BCUT2D eigenvalue weighted by Gasteiger charge is -2.35. The Morgan fingerprint density at radius 1 is 1.06 bits per heavy atom. The number of hydrogen-bond acceptors (Lipinski definition) is 5. The molecule has 0 bridgehead atoms. The second kappa shape index (κ2) is 9.40. The Balaban J connectivity index is 1.42. The van der Waals surface area contributed by atoms with Crippen LogP contribution >= 0.6 is 0 Å². The van der Waals surface area contributed by atoms with Crippen molar-refractivity contribution in [1.82, 2.24) is 14.7 Å². The zero-order valence-corrected chi connectivity index (χ0v) is 18.2. The number of piperazine rings is 1. The van der Waals surface area contributed by atoms with Crippen molar-refractivity contribution in [3.05, 3.63) is 65.2 Å². The fraction of sp³-hybridized carbons (Fsp3) is 0.375. The van der Waals surface area contributed by atoms with E-state index in [9.17, 15) is 14.4 Å². The number of carbonyl (C=O) groups excluding carboxylic acids is 2. The van der Waals surface area contributed by atoms with E-state index in [4.69, 9.17) is 5.11 Å². The largest absolute Gasteiger partial charge is 0.481 e. The molecule has 168 valence electrons. The molecule has 8 nitrogen and oxygen atoms in total. The van der Waals surface area contributed by atoms with Crippen LogP contribution in [0.1, 0.15) is 27.9 Å². The van der Waals surface area contributed by atoms with Crippen LogP contribution in [0.2, 0.25) is 0 Å². The summed E-state index contributed by atoms with van der Waals surface area (Å²) in [6, 6.07) is 14.8. The molecule has 2 amide bonds. The Kier molecular flexibility index (Phi) is 6.41. The molecule has 2 aliphatic rings. The predicted octanol–water partition coefficient (Wildman–Crippen LogP) is 1.87. The van der Waals surface area contributed by atoms with Gasteiger partial charge in [0.15, 0.2) is 0 Å². The molecule has 0 aliphatic carbocycles. The first kappa shape index (κ1) is 21.8. The Labute approximate surface area is 187 Å². The van der Waals surface area contributed by atoms with E-state index in [1.807, 2.05) is 29.2 Å². The molecular formula is C24H28N4O4. The number of hydrogen-bond donors (Lipinski definition) is 2. The lowest BCUT2D eigenvalue weighted by Crippen LogP contribution is -2.48. The van der Waals surface area contributed by atoms with Crippen LogP contribution in [0.15, 0.2) is 48.5 Å². The summed E-state index contributed by atoms with van der Waals surface area (Å²) < 4.78 is 0. The normalized spacial score (nSPS) is 19.2. The number of rotatable bonds is 5. The van der Waals surface area contributed by atoms with Gasteiger partial charge in [0, 0.05) is 57.6 Å². The number of nitrogens with one attached hydrogen (secondary N) is 1. The first-order valence-electron chi connectivity index (χ1n) is 10.8. The average Bonchev–Trinajstić information content (AvgIpc) is 2.90. The number of carbonyl (C=O) groups is 3. The van der Waals surface area contributed by atoms with Crippen LogP contribution in [0.3, 0.4) is 0 Å². The summed E-state index contributed by atoms with van der Waals surface area (Å²) in [5, 5.41) is 12.1. The smallest absolute Gasteiger partial charge is 0.305 e. The van der Waals surface area contributed by atoms with Gasteiger partial charge in [-0.3, -0.25) is 19.3 Å². The van der Waals surface area contributed by atoms with Gasteiger partial charge in [-0.2, -0.15) is 0 Å². The number of carboxylic acids is 1. The average molecular weight is 437 g/mol. The fourth-order valence-electron chi connectivity index (χ4n) is 4.29. The van der Waals surface area contributed by atoms with Crippen LogP contribution in [-0.2, 0) is 22.7 Å². The van der Waals surface area contributed by atoms with Gasteiger partial charge in [-0.15, -0.1) is 0 Å². The number of likely N-dealkylation sites (N-methyl/N-ethyl adjacent to an activating group) is 1. The fourth-order valence-corrected chi connectivity index (χ4v) is 4.29. The Hall–Kier alpha value is -3.39. The molecule has 2 aliphatic heterocycles. The SMILES string of the molecule is CN1Cc2cc(C(=O)N3CCN(Cc4ccccc4)CC3)ccc2NC(CC(=O)O)C1=O. The Morgan fingerprint density at radius 3 is 2.47 bits per heavy atom. The standard InChI is InChI=1S/C24H28N4O4/c1-26-16-19-13-18(7-8-20(19)25-21(24(26)32)14-22(29)30)23(31)28-11-9-27(10-12-28)15-17-5-3-2-4-6-17/h2-8,13,21,25H,9-12,14-16H2,1H3,(H,29,30). The summed E-state index contributed by atoms with van der Waals surface area (Å²) in [4.78, 5) is 42.5. The molecule has 0 spiro atoms. The Morgan fingerprint density at radius 2 is 1.78 bits per heavy atom. The van der Waals surface area contributed by atoms with E-state index < -0.39 is 12.0 Å². The van der Waals surface area contributed by atoms with Gasteiger partial charge in [-0.25, -0.2) is 0 Å². The van der Waals surface area contributed by atoms with Crippen molar-refractivity contribution in [1.29, 1.82) is 0 Å². The predicted molar refractivity (Wildman–Crippen MR) is 120 cm³/mol. The van der Waals surface area contributed by atoms with Crippen molar-refractivity contribution >= 4 is 23.5 Å². The number of fused-ring (bicyclic) bond motifs is 1. The van der Waals surface area contributed by atoms with Crippen molar-refractivity contribution in [3.8, 4) is 0 Å². The van der Waals surface area contributed by atoms with Gasteiger partial charge in [0.2, 0.25) is 5.91 Å². The van der Waals surface area contributed by atoms with Gasteiger partial charge in [0.05, 0.1) is 6.42 Å². The maximum Gasteiger partial charge on any atom is 0.305 e. The number of anilines is 1. The van der Waals surface area contributed by atoms with E-state index in [1.165, 1.54) is 10.5 Å². The molecule has 2 heterocycles. The van der Waals surface area contributed by atoms with Crippen LogP contribution < -0.4 is 5.32 Å². The highest BCUT2D eigenvalue weighted by atomic mass is 16.4. The van der Waals surface area contributed by atoms with Crippen molar-refractivity contribution in [2.24, 2.45) is 0 Å². The van der Waals surface area contributed by atoms with Crippen molar-refractivity contribution < 1.29 is 19.5 Å². The van der Waals surface area contributed by atoms with Crippen LogP contribution in [-0.4, -0.2) is 76.9 Å². The van der Waals surface area contributed by atoms with E-state index in [0.717, 1.165) is 25.2 Å². The summed E-state index contributed by atoms with van der Waals surface area (Å²) in [6.07, 6.45) is -0.295. The lowest BCUT2D eigenvalue weighted by molar-refractivity contribution is -0.141. The molecule has 0 aromatic heterocycles. The summed E-state index contributed by atoms with van der Waals surface area (Å²) in [5.74, 6) is -1.33. The van der Waals surface area contributed by atoms with Crippen molar-refractivity contribution in [2.75, 3.05) is 38.5 Å². The maximum atomic E-state index is 13.1. The highest BCUT2D eigenvalue weighted by molar-refractivity contribution is 5.96. The molecule has 2 aromatic carbocycles. The second-order valence-corrected chi connectivity index (χ2v) is 8.41. The van der Waals surface area contributed by atoms with E-state index in [-0.39, 0.29) is 18.2 Å². The molecule has 1 saturated heterocycles. The highest BCUT2D eigenvalue weighted by Crippen LogP contribution is 2.25. The molecule has 2 N–H and O–H groups in total. The van der Waals surface area contributed by atoms with Crippen LogP contribution in [0.25, 0.3) is 0 Å². The summed E-state index contributed by atoms with van der Waals surface area (Å²) in [5.41, 5.74) is 3.35. The molecule has 2 aromatic rings. The quantitative estimate of drug-likeness (QED) is 0.743. The van der Waals surface area contributed by atoms with Gasteiger partial charge in [-0.1, -0.05) is 30.3 Å². The number of carboxylic acid groups (broad SMARTS) is 1. The lowest BCUT2D eigenvalue weighted by atomic mass is 10.1. The van der Waals surface area contributed by atoms with Gasteiger partial charge >= 0.3 is 5.97 Å². The van der Waals surface area contributed by atoms with Crippen LogP contribution in [0.5, 0.6) is 0 Å². The number of amides is 2. The third kappa shape index (κ3) is 4.91. The van der Waals surface area contributed by atoms with Crippen LogP contribution in [0, 0.1) is 0 Å². The molecule has 8 heteroatoms. The third-order valence-electron chi connectivity index (χ3n) is 6.05. The van der Waals surface area contributed by atoms with Gasteiger partial charge < -0.3 is 20.2 Å². The van der Waals surface area contributed by atoms with Crippen molar-refractivity contribution in [3.63, 3.8) is 0 Å². The van der Waals surface area contributed by atoms with Gasteiger partial charge in [-0.05, 0) is 29.3 Å². The molecule has 32 heavy (non-hydrogen) atoms. The maximum absolute atomic E-state index is 13.1. The summed E-state index contributed by atoms with van der Waals surface area (Å²) in [6.45, 7) is 4.18. The van der Waals surface area contributed by atoms with Gasteiger partial charge in [0.25, 0.3) is 5.91 Å². The monoisotopic (exact) mass is 436 g/mol. The highest BCUT2D eigenvalue weighted by Gasteiger charge is 2.30. The minimum absolute atomic E-state index is 0.0209. The van der Waals surface area contributed by atoms with E-state index in [2.05, 4.69) is 22.3 Å². The molecule has 1 atom stereocenters. The van der Waals surface area contributed by atoms with E-state index >= 15 is 0 Å². The minimum atomic E-state index is -1.04. The number of nitrogens with zero attached hydrogens (tertiary/aromatic N) is 3. The van der Waals surface area contributed by atoms with Crippen LogP contribution in [0.4, 0.5) is 5.69 Å². The summed E-state index contributed by atoms with van der Waals surface area (Å²) >= 11 is 0. The first-order valence-corrected chi connectivity index (χ1v) is 10.8. The molecule has 1 fully saturated rings. The van der Waals surface area contributed by atoms with E-state index in [1.54, 1.807) is 19.2 Å². The summed E-state index contributed by atoms with van der Waals surface area (Å²) in [7, 11) is 1.65. The molecule has 4 rings (SSSR count). The first-order chi connectivity index (χ1) is 15.4. The molecular weight excluding hydrogens is 408 g/mol. The third-order valence-corrected chi connectivity index (χ3v) is 6.05. The zero-order valence-electron chi connectivity index (χ0n) is 18.2. The molecule has 0 saturated carbocycles. The molecule has 1 unspecified atom stereocenters. The van der Waals surface area contributed by atoms with E-state index in [0.29, 0.717) is 30.9 Å². The topological polar surface area (TPSA) is 93.2 Å². The van der Waals surface area contributed by atoms with Crippen molar-refractivity contribution in [2.45, 2.75) is 25.6 Å². The second-order valence-electron chi connectivity index (χ2n) is 8.41. The zero-order chi connectivity index (χ0) is 22.7. The Bertz CT molecular complexity index is 1000. The van der Waals surface area contributed by atoms with Gasteiger partial charge in [0.1, 0.15) is 6.04 Å². The number of benzene rings is 2. The number of aliphatic carboxylic acids is 1.